The lowest BCUT2D eigenvalue weighted by molar-refractivity contribution is 0.126. The second kappa shape index (κ2) is 5.80. The van der Waals surface area contributed by atoms with E-state index in [2.05, 4.69) is 57.2 Å². The highest BCUT2D eigenvalue weighted by Gasteiger charge is 2.11. The van der Waals surface area contributed by atoms with Crippen molar-refractivity contribution < 1.29 is 4.84 Å². The first-order chi connectivity index (χ1) is 10.2. The third kappa shape index (κ3) is 2.63. The number of aryl methyl sites for hydroxylation is 2. The summed E-state index contributed by atoms with van der Waals surface area (Å²) in [5.41, 5.74) is 4.88. The molecule has 3 aromatic rings. The van der Waals surface area contributed by atoms with Crippen molar-refractivity contribution in [2.45, 2.75) is 40.0 Å². The Morgan fingerprint density at radius 1 is 0.857 bits per heavy atom. The first-order valence-electron chi connectivity index (χ1n) is 7.85. The zero-order valence-corrected chi connectivity index (χ0v) is 13.1. The molecule has 2 nitrogen and oxygen atoms in total. The van der Waals surface area contributed by atoms with Crippen LogP contribution < -0.4 is 4.84 Å². The van der Waals surface area contributed by atoms with Gasteiger partial charge in [0.2, 0.25) is 0 Å². The van der Waals surface area contributed by atoms with E-state index in [1.807, 2.05) is 4.73 Å². The van der Waals surface area contributed by atoms with Gasteiger partial charge in [0.25, 0.3) is 0 Å². The predicted molar refractivity (Wildman–Crippen MR) is 89.9 cm³/mol. The van der Waals surface area contributed by atoms with Gasteiger partial charge in [0, 0.05) is 10.8 Å². The van der Waals surface area contributed by atoms with E-state index in [1.54, 1.807) is 0 Å². The lowest BCUT2D eigenvalue weighted by atomic mass is 10.1. The van der Waals surface area contributed by atoms with Crippen molar-refractivity contribution in [2.24, 2.45) is 0 Å². The third-order valence-corrected chi connectivity index (χ3v) is 4.00. The Balaban J connectivity index is 2.12. The van der Waals surface area contributed by atoms with Gasteiger partial charge in [0.05, 0.1) is 11.0 Å². The van der Waals surface area contributed by atoms with Gasteiger partial charge in [-0.2, -0.15) is 4.73 Å². The average Bonchev–Trinajstić information content (AvgIpc) is 2.76. The van der Waals surface area contributed by atoms with Crippen LogP contribution in [0.2, 0.25) is 0 Å². The summed E-state index contributed by atoms with van der Waals surface area (Å²) in [7, 11) is 0. The van der Waals surface area contributed by atoms with E-state index < -0.39 is 0 Å². The van der Waals surface area contributed by atoms with Gasteiger partial charge in [-0.15, -0.1) is 0 Å². The molecule has 0 atom stereocenters. The Labute approximate surface area is 126 Å². The molecule has 0 amide bonds. The van der Waals surface area contributed by atoms with Crippen LogP contribution in [-0.2, 0) is 0 Å². The lowest BCUT2D eigenvalue weighted by Crippen LogP contribution is -2.12. The molecule has 0 N–H and O–H groups in total. The monoisotopic (exact) mass is 281 g/mol. The number of aromatic nitrogens is 1. The summed E-state index contributed by atoms with van der Waals surface area (Å²) in [5.74, 6) is 0. The highest BCUT2D eigenvalue weighted by Crippen LogP contribution is 2.29. The van der Waals surface area contributed by atoms with Crippen molar-refractivity contribution in [3.8, 4) is 0 Å². The minimum Gasteiger partial charge on any atom is -0.413 e. The van der Waals surface area contributed by atoms with Gasteiger partial charge in [-0.25, -0.2) is 0 Å². The highest BCUT2D eigenvalue weighted by atomic mass is 16.7. The standard InChI is InChI=1S/C19H23NO/c1-4-5-6-11-21-20-18-12-14(2)7-9-16(18)17-10-8-15(3)13-19(17)20/h7-10,12-13H,4-6,11H2,1-3H3. The average molecular weight is 281 g/mol. The molecule has 0 fully saturated rings. The van der Waals surface area contributed by atoms with E-state index >= 15 is 0 Å². The summed E-state index contributed by atoms with van der Waals surface area (Å²) < 4.78 is 2.03. The summed E-state index contributed by atoms with van der Waals surface area (Å²) in [6.45, 7) is 7.25. The quantitative estimate of drug-likeness (QED) is 0.598. The molecular formula is C19H23NO. The molecule has 0 aliphatic carbocycles. The van der Waals surface area contributed by atoms with Crippen LogP contribution in [0.5, 0.6) is 0 Å². The molecule has 0 unspecified atom stereocenters. The minimum atomic E-state index is 0.772. The van der Waals surface area contributed by atoms with E-state index in [1.165, 1.54) is 45.8 Å². The Hall–Kier alpha value is -1.96. The van der Waals surface area contributed by atoms with Gasteiger partial charge in [-0.3, -0.25) is 0 Å². The number of unbranched alkanes of at least 4 members (excludes halogenated alkanes) is 2. The Morgan fingerprint density at radius 2 is 1.43 bits per heavy atom. The summed E-state index contributed by atoms with van der Waals surface area (Å²) >= 11 is 0. The van der Waals surface area contributed by atoms with Gasteiger partial charge in [-0.1, -0.05) is 44.0 Å². The molecule has 0 radical (unpaired) electrons. The largest absolute Gasteiger partial charge is 0.413 e. The van der Waals surface area contributed by atoms with Crippen LogP contribution in [0.4, 0.5) is 0 Å². The molecule has 0 aliphatic rings. The Morgan fingerprint density at radius 3 is 1.95 bits per heavy atom. The van der Waals surface area contributed by atoms with Gasteiger partial charge in [0.15, 0.2) is 0 Å². The van der Waals surface area contributed by atoms with Crippen LogP contribution >= 0.6 is 0 Å². The van der Waals surface area contributed by atoms with Crippen LogP contribution in [0.15, 0.2) is 36.4 Å². The second-order valence-corrected chi connectivity index (χ2v) is 5.88. The normalized spacial score (nSPS) is 11.4. The minimum absolute atomic E-state index is 0.772. The third-order valence-electron chi connectivity index (χ3n) is 4.00. The number of nitrogens with zero attached hydrogens (tertiary/aromatic N) is 1. The molecule has 3 rings (SSSR count). The first kappa shape index (κ1) is 14.0. The van der Waals surface area contributed by atoms with Crippen molar-refractivity contribution in [1.82, 2.24) is 4.73 Å². The SMILES string of the molecule is CCCCCOn1c2cc(C)ccc2c2ccc(C)cc21. The zero-order chi connectivity index (χ0) is 14.8. The molecule has 2 aromatic carbocycles. The smallest absolute Gasteiger partial charge is 0.115 e. The van der Waals surface area contributed by atoms with Crippen molar-refractivity contribution in [1.29, 1.82) is 0 Å². The van der Waals surface area contributed by atoms with E-state index in [9.17, 15) is 0 Å². The molecular weight excluding hydrogens is 258 g/mol. The maximum absolute atomic E-state index is 6.10. The predicted octanol–water partition coefficient (Wildman–Crippen LogP) is 5.03. The number of benzene rings is 2. The summed E-state index contributed by atoms with van der Waals surface area (Å²) in [4.78, 5) is 6.10. The number of fused-ring (bicyclic) bond motifs is 3. The fraction of sp³-hybridized carbons (Fsp3) is 0.368. The first-order valence-corrected chi connectivity index (χ1v) is 7.85. The summed E-state index contributed by atoms with van der Waals surface area (Å²) in [5, 5.41) is 2.54. The number of hydrogen-bond donors (Lipinski definition) is 0. The number of rotatable bonds is 5. The molecule has 0 aliphatic heterocycles. The van der Waals surface area contributed by atoms with Crippen LogP contribution in [0, 0.1) is 13.8 Å². The lowest BCUT2D eigenvalue weighted by Gasteiger charge is -2.10. The maximum atomic E-state index is 6.10. The highest BCUT2D eigenvalue weighted by molar-refractivity contribution is 6.08. The zero-order valence-electron chi connectivity index (χ0n) is 13.1. The van der Waals surface area contributed by atoms with Gasteiger partial charge < -0.3 is 4.84 Å². The second-order valence-electron chi connectivity index (χ2n) is 5.88. The van der Waals surface area contributed by atoms with E-state index in [4.69, 9.17) is 4.84 Å². The van der Waals surface area contributed by atoms with E-state index in [-0.39, 0.29) is 0 Å². The van der Waals surface area contributed by atoms with Crippen LogP contribution in [0.25, 0.3) is 21.8 Å². The fourth-order valence-corrected chi connectivity index (χ4v) is 2.85. The molecule has 0 saturated carbocycles. The molecule has 0 saturated heterocycles. The molecule has 1 heterocycles. The molecule has 110 valence electrons. The van der Waals surface area contributed by atoms with Crippen molar-refractivity contribution >= 4 is 21.8 Å². The molecule has 0 spiro atoms. The van der Waals surface area contributed by atoms with Crippen molar-refractivity contribution in [3.63, 3.8) is 0 Å². The molecule has 2 heteroatoms. The van der Waals surface area contributed by atoms with Crippen molar-refractivity contribution in [3.05, 3.63) is 47.5 Å². The van der Waals surface area contributed by atoms with Crippen LogP contribution in [0.1, 0.15) is 37.3 Å². The fourth-order valence-electron chi connectivity index (χ4n) is 2.85. The van der Waals surface area contributed by atoms with Crippen molar-refractivity contribution in [2.75, 3.05) is 6.61 Å². The topological polar surface area (TPSA) is 14.2 Å². The van der Waals surface area contributed by atoms with E-state index in [0.717, 1.165) is 13.0 Å². The maximum Gasteiger partial charge on any atom is 0.115 e. The van der Waals surface area contributed by atoms with Gasteiger partial charge in [-0.05, 0) is 43.5 Å². The van der Waals surface area contributed by atoms with Crippen LogP contribution in [0.3, 0.4) is 0 Å². The summed E-state index contributed by atoms with van der Waals surface area (Å²) in [6, 6.07) is 13.2. The molecule has 1 aromatic heterocycles. The Bertz CT molecular complexity index is 711. The van der Waals surface area contributed by atoms with E-state index in [0.29, 0.717) is 0 Å². The van der Waals surface area contributed by atoms with Gasteiger partial charge in [0.1, 0.15) is 6.61 Å². The Kier molecular flexibility index (Phi) is 3.87. The number of hydrogen-bond acceptors (Lipinski definition) is 1. The van der Waals surface area contributed by atoms with Gasteiger partial charge >= 0.3 is 0 Å². The summed E-state index contributed by atoms with van der Waals surface area (Å²) in [6.07, 6.45) is 3.54. The molecule has 21 heavy (non-hydrogen) atoms. The molecule has 0 bridgehead atoms. The van der Waals surface area contributed by atoms with Crippen LogP contribution in [-0.4, -0.2) is 11.3 Å².